The topological polar surface area (TPSA) is 79.0 Å². The van der Waals surface area contributed by atoms with Crippen LogP contribution in [0.2, 0.25) is 0 Å². The molecule has 1 fully saturated rings. The van der Waals surface area contributed by atoms with E-state index in [1.54, 1.807) is 36.9 Å². The molecule has 1 atom stereocenters. The van der Waals surface area contributed by atoms with Crippen molar-refractivity contribution >= 4 is 17.7 Å². The normalized spacial score (nSPS) is 16.5. The molecule has 8 heteroatoms. The van der Waals surface area contributed by atoms with Crippen LogP contribution in [0.3, 0.4) is 0 Å². The fourth-order valence-corrected chi connectivity index (χ4v) is 4.19. The molecule has 0 aliphatic carbocycles. The average molecular weight is 372 g/mol. The Kier molecular flexibility index (Phi) is 5.09. The number of hydrogen-bond donors (Lipinski definition) is 0. The second kappa shape index (κ2) is 7.30. The molecule has 3 rings (SSSR count). The molecule has 2 heterocycles. The van der Waals surface area contributed by atoms with Crippen molar-refractivity contribution in [3.05, 3.63) is 62.8 Å². The Balaban J connectivity index is 1.89. The molecule has 1 amide bonds. The molecule has 1 saturated heterocycles. The van der Waals surface area contributed by atoms with Crippen LogP contribution in [0.25, 0.3) is 0 Å². The van der Waals surface area contributed by atoms with Gasteiger partial charge in [-0.25, -0.2) is 9.07 Å². The number of nitriles is 1. The van der Waals surface area contributed by atoms with Crippen molar-refractivity contribution in [2.24, 2.45) is 0 Å². The van der Waals surface area contributed by atoms with Gasteiger partial charge in [0.2, 0.25) is 5.91 Å². The molecule has 26 heavy (non-hydrogen) atoms. The highest BCUT2D eigenvalue weighted by molar-refractivity contribution is 7.99. The highest BCUT2D eigenvalue weighted by atomic mass is 32.2. The smallest absolute Gasteiger partial charge is 0.285 e. The Hall–Kier alpha value is -2.66. The van der Waals surface area contributed by atoms with Gasteiger partial charge in [-0.05, 0) is 25.5 Å². The zero-order chi connectivity index (χ0) is 18.8. The average Bonchev–Trinajstić information content (AvgIpc) is 3.10. The number of thioether (sulfide) groups is 1. The van der Waals surface area contributed by atoms with Crippen molar-refractivity contribution < 1.29 is 9.18 Å². The lowest BCUT2D eigenvalue weighted by molar-refractivity contribution is -0.132. The lowest BCUT2D eigenvalue weighted by Crippen LogP contribution is -2.38. The molecular weight excluding hydrogens is 355 g/mol. The van der Waals surface area contributed by atoms with Crippen LogP contribution in [-0.2, 0) is 11.3 Å². The van der Waals surface area contributed by atoms with E-state index in [-0.39, 0.29) is 23.8 Å². The third-order valence-corrected chi connectivity index (χ3v) is 5.66. The molecule has 6 nitrogen and oxygen atoms in total. The van der Waals surface area contributed by atoms with E-state index in [1.807, 2.05) is 6.07 Å². The van der Waals surface area contributed by atoms with E-state index in [0.29, 0.717) is 29.1 Å². The van der Waals surface area contributed by atoms with E-state index in [1.165, 1.54) is 17.8 Å². The summed E-state index contributed by atoms with van der Waals surface area (Å²) < 4.78 is 15.1. The second-order valence-corrected chi connectivity index (χ2v) is 7.18. The summed E-state index contributed by atoms with van der Waals surface area (Å²) in [5, 5.41) is 12.9. The fourth-order valence-electron chi connectivity index (χ4n) is 2.89. The van der Waals surface area contributed by atoms with Crippen molar-refractivity contribution in [1.29, 1.82) is 5.26 Å². The Labute approximate surface area is 154 Å². The summed E-state index contributed by atoms with van der Waals surface area (Å²) in [4.78, 5) is 26.7. The lowest BCUT2D eigenvalue weighted by atomic mass is 10.1. The highest BCUT2D eigenvalue weighted by Gasteiger charge is 2.32. The predicted molar refractivity (Wildman–Crippen MR) is 96.0 cm³/mol. The molecule has 1 aliphatic rings. The quantitative estimate of drug-likeness (QED) is 0.825. The van der Waals surface area contributed by atoms with E-state index >= 15 is 0 Å². The first-order valence-electron chi connectivity index (χ1n) is 8.08. The van der Waals surface area contributed by atoms with Gasteiger partial charge < -0.3 is 4.90 Å². The first-order valence-corrected chi connectivity index (χ1v) is 9.13. The van der Waals surface area contributed by atoms with Crippen LogP contribution >= 0.6 is 11.8 Å². The van der Waals surface area contributed by atoms with E-state index in [9.17, 15) is 19.2 Å². The minimum absolute atomic E-state index is 0.00764. The Morgan fingerprint density at radius 2 is 2.15 bits per heavy atom. The zero-order valence-corrected chi connectivity index (χ0v) is 15.2. The van der Waals surface area contributed by atoms with Crippen molar-refractivity contribution in [3.8, 4) is 6.07 Å². The summed E-state index contributed by atoms with van der Waals surface area (Å²) in [7, 11) is 0. The van der Waals surface area contributed by atoms with Crippen LogP contribution in [0.5, 0.6) is 0 Å². The van der Waals surface area contributed by atoms with Gasteiger partial charge in [0.1, 0.15) is 29.4 Å². The van der Waals surface area contributed by atoms with Crippen molar-refractivity contribution in [1.82, 2.24) is 14.7 Å². The standard InChI is InChI=1S/C18H17FN4O2S/c1-11-12(2)21-23(17(25)14(11)9-20)10-16(24)22-7-8-26-18(22)13-5-3-4-6-15(13)19/h3-6,18H,7-8,10H2,1-2H3/t18-/m1/s1. The van der Waals surface area contributed by atoms with Crippen LogP contribution in [0.15, 0.2) is 29.1 Å². The summed E-state index contributed by atoms with van der Waals surface area (Å²) in [6, 6.07) is 8.24. The third-order valence-electron chi connectivity index (χ3n) is 4.42. The number of nitrogens with zero attached hydrogens (tertiary/aromatic N) is 4. The van der Waals surface area contributed by atoms with Crippen LogP contribution in [0, 0.1) is 31.0 Å². The first-order chi connectivity index (χ1) is 12.4. The van der Waals surface area contributed by atoms with Crippen LogP contribution in [0.1, 0.15) is 27.8 Å². The van der Waals surface area contributed by atoms with Crippen molar-refractivity contribution in [3.63, 3.8) is 0 Å². The van der Waals surface area contributed by atoms with Crippen LogP contribution < -0.4 is 5.56 Å². The minimum atomic E-state index is -0.585. The van der Waals surface area contributed by atoms with E-state index < -0.39 is 10.9 Å². The van der Waals surface area contributed by atoms with Crippen molar-refractivity contribution in [2.45, 2.75) is 25.8 Å². The number of rotatable bonds is 3. The molecular formula is C18H17FN4O2S. The van der Waals surface area contributed by atoms with Gasteiger partial charge in [-0.2, -0.15) is 10.4 Å². The van der Waals surface area contributed by atoms with Gasteiger partial charge in [0.25, 0.3) is 5.56 Å². The Morgan fingerprint density at radius 3 is 2.85 bits per heavy atom. The lowest BCUT2D eigenvalue weighted by Gasteiger charge is -2.24. The summed E-state index contributed by atoms with van der Waals surface area (Å²) in [6.45, 7) is 3.53. The summed E-state index contributed by atoms with van der Waals surface area (Å²) in [5.41, 5.74) is 0.893. The molecule has 2 aromatic rings. The third kappa shape index (κ3) is 3.22. The van der Waals surface area contributed by atoms with Gasteiger partial charge in [-0.15, -0.1) is 11.8 Å². The zero-order valence-electron chi connectivity index (χ0n) is 14.4. The van der Waals surface area contributed by atoms with Gasteiger partial charge in [-0.3, -0.25) is 9.59 Å². The Bertz CT molecular complexity index is 967. The van der Waals surface area contributed by atoms with Gasteiger partial charge >= 0.3 is 0 Å². The number of amides is 1. The number of carbonyl (C=O) groups is 1. The summed E-state index contributed by atoms with van der Waals surface area (Å²) in [6.07, 6.45) is 0. The van der Waals surface area contributed by atoms with Gasteiger partial charge in [0.05, 0.1) is 5.69 Å². The molecule has 0 saturated carbocycles. The highest BCUT2D eigenvalue weighted by Crippen LogP contribution is 2.38. The molecule has 134 valence electrons. The van der Waals surface area contributed by atoms with Crippen LogP contribution in [-0.4, -0.2) is 32.9 Å². The molecule has 1 aromatic heterocycles. The van der Waals surface area contributed by atoms with Crippen molar-refractivity contribution in [2.75, 3.05) is 12.3 Å². The largest absolute Gasteiger partial charge is 0.324 e. The molecule has 0 N–H and O–H groups in total. The predicted octanol–water partition coefficient (Wildman–Crippen LogP) is 2.15. The number of halogens is 1. The number of benzene rings is 1. The maximum absolute atomic E-state index is 14.1. The number of aromatic nitrogens is 2. The van der Waals surface area contributed by atoms with Gasteiger partial charge in [0, 0.05) is 17.9 Å². The molecule has 1 aliphatic heterocycles. The maximum atomic E-state index is 14.1. The van der Waals surface area contributed by atoms with E-state index in [2.05, 4.69) is 5.10 Å². The molecule has 1 aromatic carbocycles. The first kappa shape index (κ1) is 18.1. The molecule has 0 unspecified atom stereocenters. The van der Waals surface area contributed by atoms with Gasteiger partial charge in [0.15, 0.2) is 0 Å². The number of aryl methyl sites for hydroxylation is 1. The molecule has 0 radical (unpaired) electrons. The molecule has 0 spiro atoms. The minimum Gasteiger partial charge on any atom is -0.324 e. The van der Waals surface area contributed by atoms with Gasteiger partial charge in [-0.1, -0.05) is 18.2 Å². The number of carbonyl (C=O) groups excluding carboxylic acids is 1. The summed E-state index contributed by atoms with van der Waals surface area (Å²) in [5.74, 6) is -0.00776. The van der Waals surface area contributed by atoms with E-state index in [0.717, 1.165) is 4.68 Å². The maximum Gasteiger partial charge on any atom is 0.285 e. The SMILES string of the molecule is Cc1nn(CC(=O)N2CCS[C@@H]2c2ccccc2F)c(=O)c(C#N)c1C. The summed E-state index contributed by atoms with van der Waals surface area (Å²) >= 11 is 1.48. The number of hydrogen-bond acceptors (Lipinski definition) is 5. The Morgan fingerprint density at radius 1 is 1.42 bits per heavy atom. The second-order valence-electron chi connectivity index (χ2n) is 5.99. The fraction of sp³-hybridized carbons (Fsp3) is 0.333. The van der Waals surface area contributed by atoms with E-state index in [4.69, 9.17) is 0 Å². The molecule has 0 bridgehead atoms. The monoisotopic (exact) mass is 372 g/mol. The van der Waals surface area contributed by atoms with Crippen LogP contribution in [0.4, 0.5) is 4.39 Å².